The zero-order chi connectivity index (χ0) is 16.2. The highest BCUT2D eigenvalue weighted by molar-refractivity contribution is 7.89. The lowest BCUT2D eigenvalue weighted by Crippen LogP contribution is -2.40. The van der Waals surface area contributed by atoms with Crippen LogP contribution in [-0.2, 0) is 26.6 Å². The van der Waals surface area contributed by atoms with E-state index in [9.17, 15) is 13.2 Å². The van der Waals surface area contributed by atoms with Crippen LogP contribution in [0.4, 0.5) is 0 Å². The third-order valence-corrected chi connectivity index (χ3v) is 4.68. The van der Waals surface area contributed by atoms with Crippen molar-refractivity contribution in [1.29, 1.82) is 0 Å². The zero-order valence-electron chi connectivity index (χ0n) is 12.5. The second-order valence-corrected chi connectivity index (χ2v) is 6.24. The third kappa shape index (κ3) is 4.06. The minimum Gasteiger partial charge on any atom is -0.463 e. The van der Waals surface area contributed by atoms with Gasteiger partial charge in [-0.05, 0) is 20.8 Å². The number of terminal acetylenes is 1. The quantitative estimate of drug-likeness (QED) is 0.462. The van der Waals surface area contributed by atoms with Crippen molar-refractivity contribution in [2.45, 2.75) is 38.1 Å². The summed E-state index contributed by atoms with van der Waals surface area (Å²) in [5.74, 6) is 1.65. The highest BCUT2D eigenvalue weighted by atomic mass is 32.2. The summed E-state index contributed by atoms with van der Waals surface area (Å²) in [6.45, 7) is 4.71. The number of hydrogen-bond acceptors (Lipinski definition) is 5. The van der Waals surface area contributed by atoms with Gasteiger partial charge in [-0.1, -0.05) is 0 Å². The van der Waals surface area contributed by atoms with E-state index < -0.39 is 22.0 Å². The molecule has 0 amide bonds. The summed E-state index contributed by atoms with van der Waals surface area (Å²) in [5, 5.41) is 4.05. The zero-order valence-corrected chi connectivity index (χ0v) is 13.3. The number of hydrogen-bond donors (Lipinski definition) is 1. The molecule has 116 valence electrons. The van der Waals surface area contributed by atoms with Gasteiger partial charge in [-0.2, -0.15) is 9.82 Å². The van der Waals surface area contributed by atoms with Crippen molar-refractivity contribution in [2.24, 2.45) is 7.05 Å². The van der Waals surface area contributed by atoms with Crippen LogP contribution in [-0.4, -0.2) is 36.8 Å². The summed E-state index contributed by atoms with van der Waals surface area (Å²) in [6.07, 6.45) is 5.33. The lowest BCUT2D eigenvalue weighted by atomic mass is 10.4. The van der Waals surface area contributed by atoms with Crippen LogP contribution in [0.1, 0.15) is 24.7 Å². The molecule has 0 saturated carbocycles. The summed E-state index contributed by atoms with van der Waals surface area (Å²) in [4.78, 5) is 11.7. The monoisotopic (exact) mass is 313 g/mol. The molecule has 0 bridgehead atoms. The van der Waals surface area contributed by atoms with Gasteiger partial charge >= 0.3 is 5.97 Å². The molecule has 1 N–H and O–H groups in total. The average molecular weight is 313 g/mol. The Morgan fingerprint density at radius 3 is 2.62 bits per heavy atom. The lowest BCUT2D eigenvalue weighted by Gasteiger charge is -2.13. The number of esters is 1. The van der Waals surface area contributed by atoms with Crippen molar-refractivity contribution < 1.29 is 17.9 Å². The van der Waals surface area contributed by atoms with Crippen molar-refractivity contribution in [3.8, 4) is 12.3 Å². The molecule has 0 saturated heterocycles. The molecule has 1 atom stereocenters. The van der Waals surface area contributed by atoms with E-state index in [0.717, 1.165) is 0 Å². The molecule has 0 unspecified atom stereocenters. The van der Waals surface area contributed by atoms with Gasteiger partial charge in [-0.3, -0.25) is 9.48 Å². The molecular weight excluding hydrogens is 294 g/mol. The molecule has 0 fully saturated rings. The van der Waals surface area contributed by atoms with Gasteiger partial charge in [-0.25, -0.2) is 8.42 Å². The maximum Gasteiger partial charge on any atom is 0.323 e. The van der Waals surface area contributed by atoms with E-state index in [1.807, 2.05) is 0 Å². The molecule has 1 heterocycles. The summed E-state index contributed by atoms with van der Waals surface area (Å²) < 4.78 is 33.3. The van der Waals surface area contributed by atoms with Crippen LogP contribution in [0.3, 0.4) is 0 Å². The molecule has 0 aromatic carbocycles. The van der Waals surface area contributed by atoms with Gasteiger partial charge in [-0.15, -0.1) is 12.3 Å². The first kappa shape index (κ1) is 17.2. The van der Waals surface area contributed by atoms with Gasteiger partial charge in [0.1, 0.15) is 17.5 Å². The number of nitrogens with one attached hydrogen (secondary N) is 1. The predicted molar refractivity (Wildman–Crippen MR) is 76.9 cm³/mol. The predicted octanol–water partition coefficient (Wildman–Crippen LogP) is 0.270. The van der Waals surface area contributed by atoms with Crippen LogP contribution in [0.25, 0.3) is 0 Å². The van der Waals surface area contributed by atoms with Crippen LogP contribution in [0.2, 0.25) is 0 Å². The maximum atomic E-state index is 12.3. The summed E-state index contributed by atoms with van der Waals surface area (Å²) in [7, 11) is -2.20. The Labute approximate surface area is 124 Å². The van der Waals surface area contributed by atoms with Crippen LogP contribution >= 0.6 is 0 Å². The van der Waals surface area contributed by atoms with Crippen molar-refractivity contribution in [3.63, 3.8) is 0 Å². The first-order valence-electron chi connectivity index (χ1n) is 6.33. The van der Waals surface area contributed by atoms with E-state index >= 15 is 0 Å². The summed E-state index contributed by atoms with van der Waals surface area (Å²) in [6, 6.07) is -1.01. The van der Waals surface area contributed by atoms with Crippen molar-refractivity contribution >= 4 is 16.0 Å². The molecule has 1 rings (SSSR count). The van der Waals surface area contributed by atoms with Crippen LogP contribution in [0, 0.1) is 26.2 Å². The number of rotatable bonds is 6. The lowest BCUT2D eigenvalue weighted by molar-refractivity contribution is -0.144. The van der Waals surface area contributed by atoms with Crippen LogP contribution < -0.4 is 4.72 Å². The molecule has 0 aliphatic carbocycles. The highest BCUT2D eigenvalue weighted by Gasteiger charge is 2.28. The van der Waals surface area contributed by atoms with Crippen LogP contribution in [0.15, 0.2) is 4.90 Å². The Balaban J connectivity index is 2.86. The fourth-order valence-corrected chi connectivity index (χ4v) is 3.45. The molecule has 7 nitrogen and oxygen atoms in total. The van der Waals surface area contributed by atoms with E-state index in [1.54, 1.807) is 20.9 Å². The minimum absolute atomic E-state index is 0.0619. The van der Waals surface area contributed by atoms with Crippen molar-refractivity contribution in [3.05, 3.63) is 11.4 Å². The maximum absolute atomic E-state index is 12.3. The second-order valence-electron chi connectivity index (χ2n) is 4.59. The van der Waals surface area contributed by atoms with Gasteiger partial charge in [0.15, 0.2) is 0 Å². The standard InChI is InChI=1S/C13H19N3O4S/c1-6-7-8-20-13(17)10(3)15-21(18,19)12-9(2)14-16(5)11(12)4/h1,10,15H,7-8H2,2-5H3/t10-/m0/s1. The van der Waals surface area contributed by atoms with Gasteiger partial charge < -0.3 is 4.74 Å². The molecule has 0 spiro atoms. The Morgan fingerprint density at radius 1 is 1.52 bits per heavy atom. The SMILES string of the molecule is C#CCCOC(=O)[C@H](C)NS(=O)(=O)c1c(C)nn(C)c1C. The highest BCUT2D eigenvalue weighted by Crippen LogP contribution is 2.18. The number of carbonyl (C=O) groups excluding carboxylic acids is 1. The number of aryl methyl sites for hydroxylation is 2. The largest absolute Gasteiger partial charge is 0.463 e. The number of sulfonamides is 1. The van der Waals surface area contributed by atoms with Crippen molar-refractivity contribution in [1.82, 2.24) is 14.5 Å². The van der Waals surface area contributed by atoms with Gasteiger partial charge in [0.05, 0.1) is 11.4 Å². The van der Waals surface area contributed by atoms with E-state index in [1.165, 1.54) is 11.6 Å². The topological polar surface area (TPSA) is 90.3 Å². The van der Waals surface area contributed by atoms with Gasteiger partial charge in [0.25, 0.3) is 0 Å². The molecule has 8 heteroatoms. The first-order chi connectivity index (χ1) is 9.70. The molecule has 0 aliphatic heterocycles. The number of nitrogens with zero attached hydrogens (tertiary/aromatic N) is 2. The fraction of sp³-hybridized carbons (Fsp3) is 0.538. The number of aromatic nitrogens is 2. The minimum atomic E-state index is -3.85. The Morgan fingerprint density at radius 2 is 2.14 bits per heavy atom. The fourth-order valence-electron chi connectivity index (χ4n) is 1.82. The smallest absolute Gasteiger partial charge is 0.323 e. The average Bonchev–Trinajstić information content (AvgIpc) is 2.63. The normalized spacial score (nSPS) is 12.7. The number of ether oxygens (including phenoxy) is 1. The summed E-state index contributed by atoms with van der Waals surface area (Å²) >= 11 is 0. The Kier molecular flexibility index (Phi) is 5.52. The first-order valence-corrected chi connectivity index (χ1v) is 7.81. The molecular formula is C13H19N3O4S. The van der Waals surface area contributed by atoms with E-state index in [0.29, 0.717) is 11.4 Å². The molecule has 1 aromatic heterocycles. The summed E-state index contributed by atoms with van der Waals surface area (Å²) in [5.41, 5.74) is 0.864. The van der Waals surface area contributed by atoms with Gasteiger partial charge in [0, 0.05) is 13.5 Å². The van der Waals surface area contributed by atoms with E-state index in [4.69, 9.17) is 11.2 Å². The Hall–Kier alpha value is -1.85. The second kappa shape index (κ2) is 6.74. The molecule has 21 heavy (non-hydrogen) atoms. The molecule has 0 radical (unpaired) electrons. The van der Waals surface area contributed by atoms with E-state index in [2.05, 4.69) is 15.7 Å². The Bertz CT molecular complexity index is 670. The van der Waals surface area contributed by atoms with Crippen LogP contribution in [0.5, 0.6) is 0 Å². The molecule has 1 aromatic rings. The van der Waals surface area contributed by atoms with Crippen molar-refractivity contribution in [2.75, 3.05) is 6.61 Å². The molecule has 0 aliphatic rings. The number of carbonyl (C=O) groups is 1. The van der Waals surface area contributed by atoms with Gasteiger partial charge in [0.2, 0.25) is 10.0 Å². The third-order valence-electron chi connectivity index (χ3n) is 2.89. The van der Waals surface area contributed by atoms with E-state index in [-0.39, 0.29) is 17.9 Å².